The summed E-state index contributed by atoms with van der Waals surface area (Å²) in [4.78, 5) is 17.6. The van der Waals surface area contributed by atoms with Crippen molar-refractivity contribution in [2.24, 2.45) is 0 Å². The zero-order valence-corrected chi connectivity index (χ0v) is 18.1. The number of nitrogen functional groups attached to an aromatic ring is 1. The monoisotopic (exact) mass is 474 g/mol. The molecule has 0 bridgehead atoms. The third-order valence-corrected chi connectivity index (χ3v) is 5.78. The highest BCUT2D eigenvalue weighted by atomic mass is 35.5. The first kappa shape index (κ1) is 21.8. The van der Waals surface area contributed by atoms with Crippen molar-refractivity contribution in [1.29, 1.82) is 0 Å². The highest BCUT2D eigenvalue weighted by Crippen LogP contribution is 2.36. The number of carbonyl (C=O) groups excluding carboxylic acids is 1. The number of rotatable bonds is 7. The van der Waals surface area contributed by atoms with Gasteiger partial charge in [-0.15, -0.1) is 11.3 Å². The van der Waals surface area contributed by atoms with Gasteiger partial charge in [0.2, 0.25) is 5.78 Å². The van der Waals surface area contributed by atoms with Crippen LogP contribution in [0.3, 0.4) is 0 Å². The first-order valence-corrected chi connectivity index (χ1v) is 10.1. The van der Waals surface area contributed by atoms with Crippen molar-refractivity contribution in [2.45, 2.75) is 6.61 Å². The van der Waals surface area contributed by atoms with E-state index in [1.54, 1.807) is 12.1 Å². The molecule has 0 amide bonds. The van der Waals surface area contributed by atoms with E-state index in [0.717, 1.165) is 4.88 Å². The van der Waals surface area contributed by atoms with Gasteiger partial charge in [-0.05, 0) is 30.3 Å². The molecule has 0 spiro atoms. The maximum atomic E-state index is 14.7. The molecule has 152 valence electrons. The predicted octanol–water partition coefficient (Wildman–Crippen LogP) is 5.90. The Bertz CT molecular complexity index is 1080. The number of hydrogen-bond acceptors (Lipinski definition) is 6. The molecule has 2 N–H and O–H groups in total. The standard InChI is InChI=1S/C19H14Cl3FN2O3S/c1-27-19-11(20)4-3-10(17(19)23)13-6-12(24)16(22)18(25-13)14(26)8-28-7-9-2-5-15(21)29-9/h2-6H,7-8H2,1H3,(H2,24,25). The van der Waals surface area contributed by atoms with E-state index in [2.05, 4.69) is 4.98 Å². The Morgan fingerprint density at radius 2 is 2.00 bits per heavy atom. The maximum absolute atomic E-state index is 14.7. The van der Waals surface area contributed by atoms with Gasteiger partial charge in [-0.25, -0.2) is 9.37 Å². The molecule has 2 aromatic heterocycles. The number of ketones is 1. The molecular weight excluding hydrogens is 462 g/mol. The highest BCUT2D eigenvalue weighted by molar-refractivity contribution is 7.16. The summed E-state index contributed by atoms with van der Waals surface area (Å²) in [5.74, 6) is -1.35. The molecule has 29 heavy (non-hydrogen) atoms. The Balaban J connectivity index is 1.87. The van der Waals surface area contributed by atoms with Gasteiger partial charge >= 0.3 is 0 Å². The molecule has 0 atom stereocenters. The quantitative estimate of drug-likeness (QED) is 0.431. The summed E-state index contributed by atoms with van der Waals surface area (Å²) in [7, 11) is 1.30. The predicted molar refractivity (Wildman–Crippen MR) is 114 cm³/mol. The van der Waals surface area contributed by atoms with Gasteiger partial charge in [0.15, 0.2) is 11.6 Å². The number of aromatic nitrogens is 1. The number of carbonyl (C=O) groups is 1. The van der Waals surface area contributed by atoms with E-state index in [1.165, 1.54) is 36.6 Å². The Morgan fingerprint density at radius 1 is 1.24 bits per heavy atom. The Hall–Kier alpha value is -1.90. The molecule has 2 heterocycles. The van der Waals surface area contributed by atoms with Gasteiger partial charge in [-0.1, -0.05) is 34.8 Å². The number of hydrogen-bond donors (Lipinski definition) is 1. The molecule has 0 unspecified atom stereocenters. The number of thiophene rings is 1. The molecular formula is C19H14Cl3FN2O3S. The van der Waals surface area contributed by atoms with Gasteiger partial charge in [0.1, 0.15) is 12.3 Å². The normalized spacial score (nSPS) is 10.9. The van der Waals surface area contributed by atoms with E-state index in [4.69, 9.17) is 50.0 Å². The fourth-order valence-electron chi connectivity index (χ4n) is 2.53. The van der Waals surface area contributed by atoms with Crippen LogP contribution in [0, 0.1) is 5.82 Å². The van der Waals surface area contributed by atoms with E-state index in [1.807, 2.05) is 0 Å². The van der Waals surface area contributed by atoms with Crippen LogP contribution in [0.4, 0.5) is 10.1 Å². The minimum absolute atomic E-state index is 0.0251. The summed E-state index contributed by atoms with van der Waals surface area (Å²) >= 11 is 19.3. The Morgan fingerprint density at radius 3 is 2.66 bits per heavy atom. The van der Waals surface area contributed by atoms with Crippen LogP contribution in [0.1, 0.15) is 15.4 Å². The zero-order valence-electron chi connectivity index (χ0n) is 15.0. The number of nitrogens with zero attached hydrogens (tertiary/aromatic N) is 1. The van der Waals surface area contributed by atoms with E-state index < -0.39 is 11.6 Å². The molecule has 0 aliphatic rings. The number of Topliss-reactive ketones (excluding diaryl/α,β-unsaturated/α-hetero) is 1. The molecule has 0 saturated carbocycles. The largest absolute Gasteiger partial charge is 0.492 e. The first-order chi connectivity index (χ1) is 13.8. The van der Waals surface area contributed by atoms with Gasteiger partial charge in [-0.2, -0.15) is 0 Å². The third kappa shape index (κ3) is 4.82. The topological polar surface area (TPSA) is 74.4 Å². The van der Waals surface area contributed by atoms with Crippen LogP contribution in [0.25, 0.3) is 11.3 Å². The second kappa shape index (κ2) is 9.28. The van der Waals surface area contributed by atoms with E-state index in [9.17, 15) is 9.18 Å². The van der Waals surface area contributed by atoms with Crippen molar-refractivity contribution < 1.29 is 18.7 Å². The number of methoxy groups -OCH3 is 1. The van der Waals surface area contributed by atoms with Gasteiger partial charge in [-0.3, -0.25) is 4.79 Å². The van der Waals surface area contributed by atoms with E-state index >= 15 is 0 Å². The van der Waals surface area contributed by atoms with Crippen LogP contribution in [-0.4, -0.2) is 24.5 Å². The van der Waals surface area contributed by atoms with Gasteiger partial charge in [0, 0.05) is 10.4 Å². The SMILES string of the molecule is COc1c(Cl)ccc(-c2cc(N)c(Cl)c(C(=O)COCc3ccc(Cl)s3)n2)c1F. The summed E-state index contributed by atoms with van der Waals surface area (Å²) < 4.78 is 25.8. The van der Waals surface area contributed by atoms with Crippen LogP contribution in [0.2, 0.25) is 14.4 Å². The number of benzene rings is 1. The van der Waals surface area contributed by atoms with Gasteiger partial charge in [0.25, 0.3) is 0 Å². The average Bonchev–Trinajstić information content (AvgIpc) is 3.09. The molecule has 0 radical (unpaired) electrons. The lowest BCUT2D eigenvalue weighted by Crippen LogP contribution is -2.13. The molecule has 1 aromatic carbocycles. The molecule has 0 aliphatic heterocycles. The van der Waals surface area contributed by atoms with Gasteiger partial charge < -0.3 is 15.2 Å². The minimum Gasteiger partial charge on any atom is -0.492 e. The molecule has 10 heteroatoms. The summed E-state index contributed by atoms with van der Waals surface area (Å²) in [6, 6.07) is 7.80. The lowest BCUT2D eigenvalue weighted by atomic mass is 10.1. The van der Waals surface area contributed by atoms with E-state index in [-0.39, 0.29) is 51.6 Å². The molecule has 0 aliphatic carbocycles. The molecule has 0 fully saturated rings. The smallest absolute Gasteiger partial charge is 0.208 e. The van der Waals surface area contributed by atoms with Crippen LogP contribution in [-0.2, 0) is 11.3 Å². The molecule has 3 rings (SSSR count). The van der Waals surface area contributed by atoms with E-state index in [0.29, 0.717) is 4.34 Å². The zero-order chi connectivity index (χ0) is 21.1. The fourth-order valence-corrected chi connectivity index (χ4v) is 3.98. The van der Waals surface area contributed by atoms with Crippen molar-refractivity contribution in [2.75, 3.05) is 19.5 Å². The number of anilines is 1. The highest BCUT2D eigenvalue weighted by Gasteiger charge is 2.21. The van der Waals surface area contributed by atoms with Crippen molar-refractivity contribution in [3.8, 4) is 17.0 Å². The third-order valence-electron chi connectivity index (χ3n) is 3.89. The van der Waals surface area contributed by atoms with Crippen LogP contribution >= 0.6 is 46.1 Å². The molecule has 3 aromatic rings. The average molecular weight is 476 g/mol. The summed E-state index contributed by atoms with van der Waals surface area (Å²) in [5, 5.41) is 0.0805. The Labute approximate surface area is 185 Å². The van der Waals surface area contributed by atoms with Gasteiger partial charge in [0.05, 0.1) is 39.5 Å². The lowest BCUT2D eigenvalue weighted by molar-refractivity contribution is 0.0727. The van der Waals surface area contributed by atoms with Crippen LogP contribution < -0.4 is 10.5 Å². The maximum Gasteiger partial charge on any atom is 0.208 e. The van der Waals surface area contributed by atoms with Crippen molar-refractivity contribution in [3.05, 3.63) is 61.1 Å². The van der Waals surface area contributed by atoms with Crippen molar-refractivity contribution >= 4 is 57.6 Å². The number of pyridine rings is 1. The summed E-state index contributed by atoms with van der Waals surface area (Å²) in [5.41, 5.74) is 6.07. The Kier molecular flexibility index (Phi) is 6.97. The van der Waals surface area contributed by atoms with Crippen molar-refractivity contribution in [1.82, 2.24) is 4.98 Å². The summed E-state index contributed by atoms with van der Waals surface area (Å²) in [6.45, 7) is -0.0729. The number of nitrogens with two attached hydrogens (primary N) is 1. The molecule has 0 saturated heterocycles. The van der Waals surface area contributed by atoms with Crippen LogP contribution in [0.5, 0.6) is 5.75 Å². The number of halogens is 4. The second-order valence-electron chi connectivity index (χ2n) is 5.82. The fraction of sp³-hybridized carbons (Fsp3) is 0.158. The van der Waals surface area contributed by atoms with Crippen LogP contribution in [0.15, 0.2) is 30.3 Å². The molecule has 5 nitrogen and oxygen atoms in total. The summed E-state index contributed by atoms with van der Waals surface area (Å²) in [6.07, 6.45) is 0. The minimum atomic E-state index is -0.724. The lowest BCUT2D eigenvalue weighted by Gasteiger charge is -2.12. The first-order valence-electron chi connectivity index (χ1n) is 8.15. The second-order valence-corrected chi connectivity index (χ2v) is 8.41. The number of ether oxygens (including phenoxy) is 2. The van der Waals surface area contributed by atoms with Crippen molar-refractivity contribution in [3.63, 3.8) is 0 Å².